The van der Waals surface area contributed by atoms with Crippen LogP contribution in [0.25, 0.3) is 0 Å². The van der Waals surface area contributed by atoms with E-state index in [0.29, 0.717) is 25.1 Å². The van der Waals surface area contributed by atoms with Gasteiger partial charge in [0, 0.05) is 31.0 Å². The molecule has 3 saturated heterocycles. The van der Waals surface area contributed by atoms with Crippen LogP contribution in [0.3, 0.4) is 0 Å². The molecule has 3 heterocycles. The lowest BCUT2D eigenvalue weighted by Gasteiger charge is -2.38. The first-order chi connectivity index (χ1) is 18.1. The summed E-state index contributed by atoms with van der Waals surface area (Å²) in [6.45, 7) is 13.9. The van der Waals surface area contributed by atoms with Crippen molar-refractivity contribution in [2.24, 2.45) is 17.8 Å². The molecule has 1 spiro atoms. The molecule has 0 radical (unpaired) electrons. The Morgan fingerprint density at radius 1 is 1.13 bits per heavy atom. The van der Waals surface area contributed by atoms with Gasteiger partial charge in [0.2, 0.25) is 17.7 Å². The van der Waals surface area contributed by atoms with E-state index < -0.39 is 35.1 Å². The quantitative estimate of drug-likeness (QED) is 0.407. The largest absolute Gasteiger partial charge is 0.394 e. The highest BCUT2D eigenvalue weighted by atomic mass is 16.5. The molecule has 9 heteroatoms. The molecule has 3 N–H and O–H groups in total. The van der Waals surface area contributed by atoms with Crippen LogP contribution in [0.2, 0.25) is 0 Å². The number of aliphatic hydroxyl groups excluding tert-OH is 1. The second kappa shape index (κ2) is 10.8. The van der Waals surface area contributed by atoms with E-state index in [4.69, 9.17) is 4.74 Å². The van der Waals surface area contributed by atoms with Crippen molar-refractivity contribution in [3.05, 3.63) is 24.3 Å². The molecule has 4 rings (SSSR count). The van der Waals surface area contributed by atoms with Gasteiger partial charge in [-0.25, -0.2) is 0 Å². The summed E-state index contributed by atoms with van der Waals surface area (Å²) in [5.74, 6) is -2.39. The number of aliphatic hydroxyl groups is 1. The number of carbonyl (C=O) groups is 3. The van der Waals surface area contributed by atoms with E-state index in [1.165, 1.54) is 4.90 Å². The SMILES string of the molecule is CCCNC(=O)[C@H]1[C@H]2C(=O)N([C@@H](CO)C(C)C)C(C(=O)Nc3ccc(N(CC)CC)cc3)C23CC[C@]1(C)O3. The number of anilines is 2. The average molecular weight is 529 g/mol. The Balaban J connectivity index is 1.70. The molecule has 1 aromatic rings. The fourth-order valence-corrected chi connectivity index (χ4v) is 6.95. The summed E-state index contributed by atoms with van der Waals surface area (Å²) in [4.78, 5) is 45.3. The number of benzene rings is 1. The highest BCUT2D eigenvalue weighted by molar-refractivity contribution is 6.04. The number of likely N-dealkylation sites (tertiary alicyclic amines) is 1. The Bertz CT molecular complexity index is 1040. The molecular weight excluding hydrogens is 484 g/mol. The van der Waals surface area contributed by atoms with Crippen molar-refractivity contribution in [1.82, 2.24) is 10.2 Å². The van der Waals surface area contributed by atoms with Gasteiger partial charge in [0.1, 0.15) is 11.6 Å². The van der Waals surface area contributed by atoms with Crippen molar-refractivity contribution < 1.29 is 24.2 Å². The van der Waals surface area contributed by atoms with E-state index in [-0.39, 0.29) is 30.2 Å². The summed E-state index contributed by atoms with van der Waals surface area (Å²) in [5.41, 5.74) is -0.246. The first-order valence-electron chi connectivity index (χ1n) is 14.1. The number of carbonyl (C=O) groups excluding carboxylic acids is 3. The number of rotatable bonds is 11. The summed E-state index contributed by atoms with van der Waals surface area (Å²) in [6.07, 6.45) is 1.87. The monoisotopic (exact) mass is 528 g/mol. The standard InChI is InChI=1S/C29H44N4O5/c1-7-16-30-25(35)22-23-27(37)33(21(17-34)18(4)5)24(29(23)15-14-28(22,6)38-29)26(36)31-19-10-12-20(13-11-19)32(8-2)9-3/h10-13,18,21-24,34H,7-9,14-17H2,1-6H3,(H,30,35)(H,31,36)/t21-,22+,23-,24?,28-,29?/m0/s1. The smallest absolute Gasteiger partial charge is 0.250 e. The zero-order valence-electron chi connectivity index (χ0n) is 23.6. The number of nitrogens with one attached hydrogen (secondary N) is 2. The van der Waals surface area contributed by atoms with Crippen molar-refractivity contribution in [3.63, 3.8) is 0 Å². The fraction of sp³-hybridized carbons (Fsp3) is 0.690. The van der Waals surface area contributed by atoms with Gasteiger partial charge >= 0.3 is 0 Å². The van der Waals surface area contributed by atoms with Crippen LogP contribution in [0, 0.1) is 17.8 Å². The molecule has 0 aromatic heterocycles. The molecule has 2 bridgehead atoms. The van der Waals surface area contributed by atoms with Crippen molar-refractivity contribution in [2.75, 3.05) is 36.5 Å². The average Bonchev–Trinajstić information content (AvgIpc) is 3.45. The molecule has 6 atom stereocenters. The number of nitrogens with zero attached hydrogens (tertiary/aromatic N) is 2. The van der Waals surface area contributed by atoms with Gasteiger partial charge in [0.05, 0.1) is 30.1 Å². The van der Waals surface area contributed by atoms with E-state index in [1.807, 2.05) is 52.0 Å². The summed E-state index contributed by atoms with van der Waals surface area (Å²) >= 11 is 0. The van der Waals surface area contributed by atoms with Crippen LogP contribution in [0.15, 0.2) is 24.3 Å². The molecule has 2 unspecified atom stereocenters. The lowest BCUT2D eigenvalue weighted by molar-refractivity contribution is -0.149. The molecular formula is C29H44N4O5. The molecule has 38 heavy (non-hydrogen) atoms. The Morgan fingerprint density at radius 3 is 2.34 bits per heavy atom. The van der Waals surface area contributed by atoms with Crippen molar-refractivity contribution in [2.45, 2.75) is 84.1 Å². The first kappa shape index (κ1) is 28.4. The first-order valence-corrected chi connectivity index (χ1v) is 14.1. The maximum absolute atomic E-state index is 14.1. The zero-order chi connectivity index (χ0) is 27.8. The Morgan fingerprint density at radius 2 is 1.79 bits per heavy atom. The molecule has 3 aliphatic heterocycles. The number of hydrogen-bond donors (Lipinski definition) is 3. The highest BCUT2D eigenvalue weighted by Crippen LogP contribution is 2.63. The van der Waals surface area contributed by atoms with Gasteiger partial charge in [0.15, 0.2) is 0 Å². The van der Waals surface area contributed by atoms with Gasteiger partial charge in [0.25, 0.3) is 0 Å². The predicted molar refractivity (Wildman–Crippen MR) is 147 cm³/mol. The summed E-state index contributed by atoms with van der Waals surface area (Å²) in [6, 6.07) is 6.15. The van der Waals surface area contributed by atoms with Crippen LogP contribution in [-0.4, -0.2) is 77.3 Å². The minimum Gasteiger partial charge on any atom is -0.394 e. The van der Waals surface area contributed by atoms with Gasteiger partial charge in [-0.1, -0.05) is 20.8 Å². The molecule has 210 valence electrons. The Hall–Kier alpha value is -2.65. The van der Waals surface area contributed by atoms with Gasteiger partial charge in [-0.2, -0.15) is 0 Å². The number of amides is 3. The van der Waals surface area contributed by atoms with Crippen LogP contribution >= 0.6 is 0 Å². The van der Waals surface area contributed by atoms with E-state index in [9.17, 15) is 19.5 Å². The molecule has 3 fully saturated rings. The fourth-order valence-electron chi connectivity index (χ4n) is 6.95. The molecule has 0 saturated carbocycles. The minimum atomic E-state index is -1.12. The van der Waals surface area contributed by atoms with Gasteiger partial charge < -0.3 is 30.3 Å². The Labute approximate surface area is 226 Å². The minimum absolute atomic E-state index is 0.0945. The maximum Gasteiger partial charge on any atom is 0.250 e. The van der Waals surface area contributed by atoms with Crippen molar-refractivity contribution in [3.8, 4) is 0 Å². The third kappa shape index (κ3) is 4.47. The number of hydrogen-bond acceptors (Lipinski definition) is 6. The highest BCUT2D eigenvalue weighted by Gasteiger charge is 2.78. The summed E-state index contributed by atoms with van der Waals surface area (Å²) in [7, 11) is 0. The molecule has 3 aliphatic rings. The van der Waals surface area contributed by atoms with Crippen LogP contribution in [0.4, 0.5) is 11.4 Å². The molecule has 3 amide bonds. The second-order valence-corrected chi connectivity index (χ2v) is 11.5. The molecule has 1 aromatic carbocycles. The third-order valence-corrected chi connectivity index (χ3v) is 8.87. The number of fused-ring (bicyclic) bond motifs is 1. The van der Waals surface area contributed by atoms with Crippen LogP contribution in [0.5, 0.6) is 0 Å². The topological polar surface area (TPSA) is 111 Å². The lowest BCUT2D eigenvalue weighted by Crippen LogP contribution is -2.57. The third-order valence-electron chi connectivity index (χ3n) is 8.87. The number of ether oxygens (including phenoxy) is 1. The van der Waals surface area contributed by atoms with Crippen molar-refractivity contribution >= 4 is 29.1 Å². The van der Waals surface area contributed by atoms with E-state index in [2.05, 4.69) is 29.4 Å². The van der Waals surface area contributed by atoms with Gasteiger partial charge in [-0.05, 0) is 70.2 Å². The summed E-state index contributed by atoms with van der Waals surface area (Å²) in [5, 5.41) is 16.3. The Kier molecular flexibility index (Phi) is 8.09. The van der Waals surface area contributed by atoms with Crippen LogP contribution in [-0.2, 0) is 19.1 Å². The molecule has 0 aliphatic carbocycles. The van der Waals surface area contributed by atoms with E-state index in [1.54, 1.807) is 0 Å². The van der Waals surface area contributed by atoms with E-state index >= 15 is 0 Å². The summed E-state index contributed by atoms with van der Waals surface area (Å²) < 4.78 is 6.64. The maximum atomic E-state index is 14.1. The second-order valence-electron chi connectivity index (χ2n) is 11.5. The molecule has 9 nitrogen and oxygen atoms in total. The van der Waals surface area contributed by atoms with Crippen molar-refractivity contribution in [1.29, 1.82) is 0 Å². The normalized spacial score (nSPS) is 30.5. The van der Waals surface area contributed by atoms with Gasteiger partial charge in [-0.3, -0.25) is 14.4 Å². The van der Waals surface area contributed by atoms with Crippen LogP contribution in [0.1, 0.15) is 60.8 Å². The zero-order valence-corrected chi connectivity index (χ0v) is 23.6. The van der Waals surface area contributed by atoms with Crippen LogP contribution < -0.4 is 15.5 Å². The predicted octanol–water partition coefficient (Wildman–Crippen LogP) is 2.78. The lowest BCUT2D eigenvalue weighted by atomic mass is 9.66. The van der Waals surface area contributed by atoms with E-state index in [0.717, 1.165) is 25.2 Å². The van der Waals surface area contributed by atoms with Gasteiger partial charge in [-0.15, -0.1) is 0 Å².